The molecule has 0 saturated heterocycles. The molecular formula is C22H26N6O2. The lowest BCUT2D eigenvalue weighted by molar-refractivity contribution is -0.122. The maximum Gasteiger partial charge on any atom is 0.240 e. The van der Waals surface area contributed by atoms with Gasteiger partial charge in [-0.2, -0.15) is 0 Å². The summed E-state index contributed by atoms with van der Waals surface area (Å²) >= 11 is 0. The number of imidazole rings is 2. The molecule has 0 fully saturated rings. The Balaban J connectivity index is 1.31. The number of amides is 1. The van der Waals surface area contributed by atoms with E-state index in [1.807, 2.05) is 31.5 Å². The molecule has 156 valence electrons. The molecule has 1 N–H and O–H groups in total. The maximum absolute atomic E-state index is 12.1. The standard InChI is InChI=1S/C22H26N6O2/c1-15(2)22-24-9-11-28(22)18-6-4-17(5-7-18)20-12-19(30-26-20)13-25-21(29)14-27-10-8-23-16(27)3/h4-11,15,19H,12-14H2,1-3H3,(H,25,29). The highest BCUT2D eigenvalue weighted by atomic mass is 16.6. The summed E-state index contributed by atoms with van der Waals surface area (Å²) in [4.78, 5) is 26.2. The van der Waals surface area contributed by atoms with Crippen molar-refractivity contribution in [2.24, 2.45) is 5.16 Å². The Morgan fingerprint density at radius 2 is 1.97 bits per heavy atom. The van der Waals surface area contributed by atoms with E-state index in [0.717, 1.165) is 28.6 Å². The van der Waals surface area contributed by atoms with Crippen molar-refractivity contribution in [1.82, 2.24) is 24.4 Å². The summed E-state index contributed by atoms with van der Waals surface area (Å²) in [5, 5.41) is 7.13. The van der Waals surface area contributed by atoms with E-state index < -0.39 is 0 Å². The summed E-state index contributed by atoms with van der Waals surface area (Å²) < 4.78 is 3.90. The molecule has 8 nitrogen and oxygen atoms in total. The van der Waals surface area contributed by atoms with Crippen molar-refractivity contribution in [3.05, 3.63) is 66.3 Å². The number of nitrogens with one attached hydrogen (secondary N) is 1. The summed E-state index contributed by atoms with van der Waals surface area (Å²) in [6.07, 6.45) is 7.78. The van der Waals surface area contributed by atoms with Crippen LogP contribution in [0.2, 0.25) is 0 Å². The average molecular weight is 406 g/mol. The molecule has 0 aliphatic carbocycles. The Morgan fingerprint density at radius 3 is 2.67 bits per heavy atom. The fourth-order valence-electron chi connectivity index (χ4n) is 3.49. The number of hydrogen-bond donors (Lipinski definition) is 1. The molecule has 0 bridgehead atoms. The molecule has 2 aromatic heterocycles. The minimum absolute atomic E-state index is 0.0706. The molecule has 0 spiro atoms. The van der Waals surface area contributed by atoms with Gasteiger partial charge >= 0.3 is 0 Å². The normalized spacial score (nSPS) is 15.9. The molecule has 1 unspecified atom stereocenters. The maximum atomic E-state index is 12.1. The zero-order chi connectivity index (χ0) is 21.1. The molecule has 8 heteroatoms. The highest BCUT2D eigenvalue weighted by Crippen LogP contribution is 2.21. The summed E-state index contributed by atoms with van der Waals surface area (Å²) in [6.45, 7) is 6.81. The monoisotopic (exact) mass is 406 g/mol. The molecule has 0 radical (unpaired) electrons. The van der Waals surface area contributed by atoms with Crippen LogP contribution in [0.3, 0.4) is 0 Å². The van der Waals surface area contributed by atoms with Gasteiger partial charge in [-0.3, -0.25) is 4.79 Å². The van der Waals surface area contributed by atoms with Gasteiger partial charge in [0.2, 0.25) is 5.91 Å². The van der Waals surface area contributed by atoms with E-state index in [0.29, 0.717) is 18.9 Å². The lowest BCUT2D eigenvalue weighted by atomic mass is 10.0. The Hall–Kier alpha value is -3.42. The number of oxime groups is 1. The van der Waals surface area contributed by atoms with Crippen molar-refractivity contribution in [3.63, 3.8) is 0 Å². The predicted molar refractivity (Wildman–Crippen MR) is 114 cm³/mol. The number of aromatic nitrogens is 4. The lowest BCUT2D eigenvalue weighted by Crippen LogP contribution is -2.34. The highest BCUT2D eigenvalue weighted by molar-refractivity contribution is 6.01. The second-order valence-corrected chi connectivity index (χ2v) is 7.73. The van der Waals surface area contributed by atoms with Crippen LogP contribution < -0.4 is 5.32 Å². The van der Waals surface area contributed by atoms with Crippen LogP contribution in [0.5, 0.6) is 0 Å². The smallest absolute Gasteiger partial charge is 0.240 e. The topological polar surface area (TPSA) is 86.3 Å². The fourth-order valence-corrected chi connectivity index (χ4v) is 3.49. The molecule has 3 heterocycles. The van der Waals surface area contributed by atoms with E-state index in [1.165, 1.54) is 0 Å². The Labute approximate surface area is 175 Å². The molecule has 1 aromatic carbocycles. The van der Waals surface area contributed by atoms with Gasteiger partial charge in [-0.05, 0) is 24.6 Å². The van der Waals surface area contributed by atoms with Crippen LogP contribution in [0.25, 0.3) is 5.69 Å². The van der Waals surface area contributed by atoms with E-state index in [9.17, 15) is 4.79 Å². The van der Waals surface area contributed by atoms with Gasteiger partial charge in [0.1, 0.15) is 24.3 Å². The third-order valence-electron chi connectivity index (χ3n) is 5.16. The first-order valence-corrected chi connectivity index (χ1v) is 10.1. The number of aryl methyl sites for hydroxylation is 1. The van der Waals surface area contributed by atoms with Crippen LogP contribution in [-0.2, 0) is 16.2 Å². The van der Waals surface area contributed by atoms with Crippen LogP contribution in [-0.4, -0.2) is 43.4 Å². The molecule has 30 heavy (non-hydrogen) atoms. The van der Waals surface area contributed by atoms with Crippen LogP contribution in [0.1, 0.15) is 43.4 Å². The molecule has 1 amide bonds. The Bertz CT molecular complexity index is 1050. The number of nitrogens with zero attached hydrogens (tertiary/aromatic N) is 5. The first kappa shape index (κ1) is 19.9. The lowest BCUT2D eigenvalue weighted by Gasteiger charge is -2.11. The van der Waals surface area contributed by atoms with Crippen molar-refractivity contribution in [2.75, 3.05) is 6.54 Å². The first-order valence-electron chi connectivity index (χ1n) is 10.1. The van der Waals surface area contributed by atoms with Crippen LogP contribution in [0.15, 0.2) is 54.2 Å². The van der Waals surface area contributed by atoms with Gasteiger partial charge in [0.25, 0.3) is 0 Å². The minimum Gasteiger partial charge on any atom is -0.390 e. The Kier molecular flexibility index (Phi) is 5.65. The van der Waals surface area contributed by atoms with Gasteiger partial charge in [0.05, 0.1) is 12.3 Å². The summed E-state index contributed by atoms with van der Waals surface area (Å²) in [6, 6.07) is 8.22. The highest BCUT2D eigenvalue weighted by Gasteiger charge is 2.23. The number of benzene rings is 1. The van der Waals surface area contributed by atoms with Crippen molar-refractivity contribution in [1.29, 1.82) is 0 Å². The first-order chi connectivity index (χ1) is 14.5. The van der Waals surface area contributed by atoms with E-state index in [-0.39, 0.29) is 18.6 Å². The van der Waals surface area contributed by atoms with Crippen LogP contribution >= 0.6 is 0 Å². The third-order valence-corrected chi connectivity index (χ3v) is 5.16. The number of rotatable bonds is 7. The van der Waals surface area contributed by atoms with Gasteiger partial charge in [-0.15, -0.1) is 0 Å². The summed E-state index contributed by atoms with van der Waals surface area (Å²) in [5.74, 6) is 2.12. The van der Waals surface area contributed by atoms with Gasteiger partial charge in [0, 0.05) is 42.8 Å². The van der Waals surface area contributed by atoms with E-state index in [1.54, 1.807) is 17.0 Å². The predicted octanol–water partition coefficient (Wildman–Crippen LogP) is 2.81. The minimum atomic E-state index is -0.159. The van der Waals surface area contributed by atoms with Crippen molar-refractivity contribution in [2.45, 2.75) is 45.8 Å². The largest absolute Gasteiger partial charge is 0.390 e. The molecule has 1 atom stereocenters. The van der Waals surface area contributed by atoms with Crippen molar-refractivity contribution in [3.8, 4) is 5.69 Å². The van der Waals surface area contributed by atoms with Gasteiger partial charge in [-0.25, -0.2) is 9.97 Å². The third kappa shape index (κ3) is 4.27. The second kappa shape index (κ2) is 8.52. The van der Waals surface area contributed by atoms with E-state index in [2.05, 4.69) is 51.0 Å². The molecular weight excluding hydrogens is 380 g/mol. The van der Waals surface area contributed by atoms with Crippen LogP contribution in [0.4, 0.5) is 0 Å². The van der Waals surface area contributed by atoms with Gasteiger partial charge in [-0.1, -0.05) is 31.1 Å². The summed E-state index contributed by atoms with van der Waals surface area (Å²) in [7, 11) is 0. The quantitative estimate of drug-likeness (QED) is 0.654. The van der Waals surface area contributed by atoms with Gasteiger partial charge < -0.3 is 19.3 Å². The van der Waals surface area contributed by atoms with E-state index in [4.69, 9.17) is 4.84 Å². The average Bonchev–Trinajstić information content (AvgIpc) is 3.48. The van der Waals surface area contributed by atoms with Crippen molar-refractivity contribution < 1.29 is 9.63 Å². The molecule has 3 aromatic rings. The van der Waals surface area contributed by atoms with E-state index >= 15 is 0 Å². The Morgan fingerprint density at radius 1 is 1.20 bits per heavy atom. The molecule has 1 aliphatic rings. The molecule has 0 saturated carbocycles. The molecule has 1 aliphatic heterocycles. The number of hydrogen-bond acceptors (Lipinski definition) is 5. The zero-order valence-corrected chi connectivity index (χ0v) is 17.4. The number of carbonyl (C=O) groups excluding carboxylic acids is 1. The SMILES string of the molecule is Cc1nccn1CC(=O)NCC1CC(c2ccc(-n3ccnc3C(C)C)cc2)=NO1. The fraction of sp³-hybridized carbons (Fsp3) is 0.364. The van der Waals surface area contributed by atoms with Crippen molar-refractivity contribution >= 4 is 11.6 Å². The zero-order valence-electron chi connectivity index (χ0n) is 17.4. The van der Waals surface area contributed by atoms with Crippen LogP contribution in [0, 0.1) is 6.92 Å². The van der Waals surface area contributed by atoms with Gasteiger partial charge in [0.15, 0.2) is 0 Å². The second-order valence-electron chi connectivity index (χ2n) is 7.73. The number of carbonyl (C=O) groups is 1. The molecule has 4 rings (SSSR count). The summed E-state index contributed by atoms with van der Waals surface area (Å²) in [5.41, 5.74) is 2.98.